The van der Waals surface area contributed by atoms with Gasteiger partial charge in [0.25, 0.3) is 0 Å². The van der Waals surface area contributed by atoms with Crippen LogP contribution in [0.5, 0.6) is 0 Å². The first kappa shape index (κ1) is 9.16. The third-order valence-electron chi connectivity index (χ3n) is 2.66. The number of benzene rings is 1. The topological polar surface area (TPSA) is 26.0 Å². The van der Waals surface area contributed by atoms with Gasteiger partial charge in [-0.25, -0.2) is 0 Å². The Morgan fingerprint density at radius 1 is 1.12 bits per heavy atom. The van der Waals surface area contributed by atoms with Crippen LogP contribution in [0.1, 0.15) is 5.56 Å². The number of hydrogen-bond acceptors (Lipinski definition) is 2. The largest absolute Gasteiger partial charge is 0.461 e. The summed E-state index contributed by atoms with van der Waals surface area (Å²) >= 11 is 0. The zero-order valence-corrected chi connectivity index (χ0v) is 8.97. The maximum Gasteiger partial charge on any atom is 0.160 e. The summed E-state index contributed by atoms with van der Waals surface area (Å²) in [4.78, 5) is 4.34. The van der Waals surface area contributed by atoms with Crippen LogP contribution in [-0.4, -0.2) is 4.98 Å². The van der Waals surface area contributed by atoms with Gasteiger partial charge in [-0.3, -0.25) is 4.98 Å². The second-order valence-corrected chi connectivity index (χ2v) is 3.87. The first-order valence-electron chi connectivity index (χ1n) is 5.24. The molecular formula is C14H11NO. The van der Waals surface area contributed by atoms with Crippen molar-refractivity contribution in [2.75, 3.05) is 0 Å². The molecule has 2 heterocycles. The summed E-state index contributed by atoms with van der Waals surface area (Å²) in [5, 5.41) is 2.22. The molecule has 0 atom stereocenters. The summed E-state index contributed by atoms with van der Waals surface area (Å²) in [7, 11) is 0. The molecule has 0 fully saturated rings. The Morgan fingerprint density at radius 2 is 2.00 bits per heavy atom. The Kier molecular flexibility index (Phi) is 2.00. The fourth-order valence-electron chi connectivity index (χ4n) is 1.85. The van der Waals surface area contributed by atoms with Crippen LogP contribution in [0.15, 0.2) is 53.3 Å². The second kappa shape index (κ2) is 3.49. The SMILES string of the molecule is Cc1ccnc(-c2occ3ccccc23)c1. The van der Waals surface area contributed by atoms with Crippen LogP contribution in [0.25, 0.3) is 22.2 Å². The van der Waals surface area contributed by atoms with Crippen molar-refractivity contribution in [3.63, 3.8) is 0 Å². The smallest absolute Gasteiger partial charge is 0.160 e. The molecule has 2 nitrogen and oxygen atoms in total. The van der Waals surface area contributed by atoms with E-state index in [9.17, 15) is 0 Å². The first-order valence-corrected chi connectivity index (χ1v) is 5.24. The van der Waals surface area contributed by atoms with E-state index in [1.807, 2.05) is 36.5 Å². The summed E-state index contributed by atoms with van der Waals surface area (Å²) in [6.07, 6.45) is 3.58. The van der Waals surface area contributed by atoms with Gasteiger partial charge >= 0.3 is 0 Å². The number of fused-ring (bicyclic) bond motifs is 1. The Bertz CT molecular complexity index is 640. The summed E-state index contributed by atoms with van der Waals surface area (Å²) < 4.78 is 5.59. The highest BCUT2D eigenvalue weighted by Crippen LogP contribution is 2.29. The van der Waals surface area contributed by atoms with E-state index < -0.39 is 0 Å². The van der Waals surface area contributed by atoms with Gasteiger partial charge in [-0.15, -0.1) is 0 Å². The van der Waals surface area contributed by atoms with Gasteiger partial charge in [0.05, 0.1) is 6.26 Å². The summed E-state index contributed by atoms with van der Waals surface area (Å²) in [5.41, 5.74) is 2.08. The molecule has 2 heteroatoms. The number of furan rings is 1. The molecule has 0 radical (unpaired) electrons. The maximum atomic E-state index is 5.59. The van der Waals surface area contributed by atoms with Crippen LogP contribution in [0.2, 0.25) is 0 Å². The van der Waals surface area contributed by atoms with Crippen LogP contribution in [0.4, 0.5) is 0 Å². The van der Waals surface area contributed by atoms with Crippen molar-refractivity contribution in [2.24, 2.45) is 0 Å². The van der Waals surface area contributed by atoms with Crippen molar-refractivity contribution in [2.45, 2.75) is 6.92 Å². The molecular weight excluding hydrogens is 198 g/mol. The van der Waals surface area contributed by atoms with E-state index in [4.69, 9.17) is 4.42 Å². The molecule has 2 aromatic heterocycles. The van der Waals surface area contributed by atoms with Crippen LogP contribution >= 0.6 is 0 Å². The van der Waals surface area contributed by atoms with Crippen molar-refractivity contribution < 1.29 is 4.42 Å². The molecule has 0 spiro atoms. The van der Waals surface area contributed by atoms with Gasteiger partial charge in [-0.05, 0) is 24.6 Å². The number of nitrogens with zero attached hydrogens (tertiary/aromatic N) is 1. The van der Waals surface area contributed by atoms with E-state index in [-0.39, 0.29) is 0 Å². The second-order valence-electron chi connectivity index (χ2n) is 3.87. The van der Waals surface area contributed by atoms with Crippen LogP contribution < -0.4 is 0 Å². The standard InChI is InChI=1S/C14H11NO/c1-10-6-7-15-13(8-10)14-12-5-3-2-4-11(12)9-16-14/h2-9H,1H3. The normalized spacial score (nSPS) is 10.8. The lowest BCUT2D eigenvalue weighted by atomic mass is 10.1. The highest BCUT2D eigenvalue weighted by Gasteiger charge is 2.08. The van der Waals surface area contributed by atoms with Crippen LogP contribution in [-0.2, 0) is 0 Å². The van der Waals surface area contributed by atoms with E-state index >= 15 is 0 Å². The summed E-state index contributed by atoms with van der Waals surface area (Å²) in [5.74, 6) is 0.847. The molecule has 0 amide bonds. The predicted molar refractivity (Wildman–Crippen MR) is 64.2 cm³/mol. The van der Waals surface area contributed by atoms with E-state index in [0.717, 1.165) is 22.2 Å². The number of aryl methyl sites for hydroxylation is 1. The minimum Gasteiger partial charge on any atom is -0.461 e. The molecule has 3 rings (SSSR count). The van der Waals surface area contributed by atoms with Crippen molar-refractivity contribution in [1.82, 2.24) is 4.98 Å². The number of rotatable bonds is 1. The van der Waals surface area contributed by atoms with E-state index in [0.29, 0.717) is 0 Å². The van der Waals surface area contributed by atoms with Gasteiger partial charge in [0, 0.05) is 17.0 Å². The van der Waals surface area contributed by atoms with Gasteiger partial charge in [-0.1, -0.05) is 24.3 Å². The lowest BCUT2D eigenvalue weighted by molar-refractivity contribution is 0.585. The molecule has 0 unspecified atom stereocenters. The van der Waals surface area contributed by atoms with E-state index in [1.165, 1.54) is 5.56 Å². The minimum absolute atomic E-state index is 0.847. The first-order chi connectivity index (χ1) is 7.84. The molecule has 0 aliphatic heterocycles. The maximum absolute atomic E-state index is 5.59. The van der Waals surface area contributed by atoms with Gasteiger partial charge in [0.15, 0.2) is 5.76 Å². The molecule has 0 N–H and O–H groups in total. The third kappa shape index (κ3) is 1.39. The molecule has 78 valence electrons. The third-order valence-corrected chi connectivity index (χ3v) is 2.66. The van der Waals surface area contributed by atoms with Crippen molar-refractivity contribution in [3.05, 3.63) is 54.4 Å². The molecule has 1 aromatic carbocycles. The fourth-order valence-corrected chi connectivity index (χ4v) is 1.85. The minimum atomic E-state index is 0.847. The molecule has 16 heavy (non-hydrogen) atoms. The molecule has 0 aliphatic carbocycles. The van der Waals surface area contributed by atoms with Gasteiger partial charge in [0.1, 0.15) is 5.69 Å². The quantitative estimate of drug-likeness (QED) is 0.609. The Balaban J connectivity index is 2.26. The Labute approximate surface area is 93.5 Å². The zero-order valence-electron chi connectivity index (χ0n) is 8.97. The molecule has 0 saturated heterocycles. The van der Waals surface area contributed by atoms with E-state index in [1.54, 1.807) is 6.26 Å². The lowest BCUT2D eigenvalue weighted by Gasteiger charge is -1.98. The van der Waals surface area contributed by atoms with Crippen molar-refractivity contribution in [3.8, 4) is 11.5 Å². The molecule has 0 saturated carbocycles. The van der Waals surface area contributed by atoms with Crippen LogP contribution in [0, 0.1) is 6.92 Å². The predicted octanol–water partition coefficient (Wildman–Crippen LogP) is 3.80. The lowest BCUT2D eigenvalue weighted by Crippen LogP contribution is -1.82. The van der Waals surface area contributed by atoms with Crippen LogP contribution in [0.3, 0.4) is 0 Å². The number of hydrogen-bond donors (Lipinski definition) is 0. The van der Waals surface area contributed by atoms with Crippen molar-refractivity contribution >= 4 is 10.8 Å². The monoisotopic (exact) mass is 209 g/mol. The highest BCUT2D eigenvalue weighted by atomic mass is 16.3. The average molecular weight is 209 g/mol. The van der Waals surface area contributed by atoms with E-state index in [2.05, 4.69) is 18.0 Å². The van der Waals surface area contributed by atoms with Crippen molar-refractivity contribution in [1.29, 1.82) is 0 Å². The zero-order chi connectivity index (χ0) is 11.0. The van der Waals surface area contributed by atoms with Gasteiger partial charge in [0.2, 0.25) is 0 Å². The number of aromatic nitrogens is 1. The fraction of sp³-hybridized carbons (Fsp3) is 0.0714. The molecule has 0 bridgehead atoms. The Morgan fingerprint density at radius 3 is 2.88 bits per heavy atom. The average Bonchev–Trinajstić information content (AvgIpc) is 2.72. The molecule has 3 aromatic rings. The van der Waals surface area contributed by atoms with Gasteiger partial charge < -0.3 is 4.42 Å². The van der Waals surface area contributed by atoms with Gasteiger partial charge in [-0.2, -0.15) is 0 Å². The number of pyridine rings is 1. The summed E-state index contributed by atoms with van der Waals surface area (Å²) in [6.45, 7) is 2.05. The summed E-state index contributed by atoms with van der Waals surface area (Å²) in [6, 6.07) is 12.1. The highest BCUT2D eigenvalue weighted by molar-refractivity contribution is 5.93. The Hall–Kier alpha value is -2.09. The molecule has 0 aliphatic rings.